The van der Waals surface area contributed by atoms with Crippen molar-refractivity contribution in [2.24, 2.45) is 5.14 Å². The van der Waals surface area contributed by atoms with Gasteiger partial charge >= 0.3 is 0 Å². The van der Waals surface area contributed by atoms with Crippen LogP contribution >= 0.6 is 0 Å². The Morgan fingerprint density at radius 1 is 0.767 bits per heavy atom. The zero-order chi connectivity index (χ0) is 22.2. The summed E-state index contributed by atoms with van der Waals surface area (Å²) in [6.07, 6.45) is 0. The Labute approximate surface area is 169 Å². The molecule has 3 aromatic carbocycles. The number of ether oxygens (including phenoxy) is 2. The highest BCUT2D eigenvalue weighted by atomic mass is 32.2. The second kappa shape index (κ2) is 7.96. The molecule has 0 fully saturated rings. The molecular weight excluding hydrogens is 426 g/mol. The average Bonchev–Trinajstić information content (AvgIpc) is 2.73. The van der Waals surface area contributed by atoms with E-state index in [4.69, 9.17) is 14.6 Å². The standard InChI is InChI=1S/C20H15F4NO4S/c1-28-11-7-10(8-12(9-11)29-2)15-16(18(22)20(24)19(23)17(15)21)13-5-3-4-6-14(13)30(25,26)27/h3-9H,1-2H3,(H2,25,26,27). The Kier molecular flexibility index (Phi) is 5.73. The molecule has 2 N–H and O–H groups in total. The van der Waals surface area contributed by atoms with Crippen LogP contribution in [0.5, 0.6) is 11.5 Å². The number of benzene rings is 3. The molecule has 3 aromatic rings. The van der Waals surface area contributed by atoms with Gasteiger partial charge in [0.25, 0.3) is 0 Å². The van der Waals surface area contributed by atoms with Gasteiger partial charge in [-0.2, -0.15) is 0 Å². The van der Waals surface area contributed by atoms with E-state index in [1.807, 2.05) is 0 Å². The summed E-state index contributed by atoms with van der Waals surface area (Å²) in [5.41, 5.74) is -2.11. The zero-order valence-electron chi connectivity index (χ0n) is 15.7. The van der Waals surface area contributed by atoms with E-state index in [0.717, 1.165) is 12.1 Å². The molecule has 158 valence electrons. The lowest BCUT2D eigenvalue weighted by Crippen LogP contribution is -2.14. The van der Waals surface area contributed by atoms with Gasteiger partial charge in [-0.3, -0.25) is 0 Å². The molecule has 0 radical (unpaired) electrons. The van der Waals surface area contributed by atoms with Crippen LogP contribution in [-0.2, 0) is 10.0 Å². The molecule has 0 aliphatic heterocycles. The maximum Gasteiger partial charge on any atom is 0.238 e. The van der Waals surface area contributed by atoms with Gasteiger partial charge in [-0.05, 0) is 23.8 Å². The fourth-order valence-electron chi connectivity index (χ4n) is 3.03. The summed E-state index contributed by atoms with van der Waals surface area (Å²) in [7, 11) is -1.81. The molecule has 30 heavy (non-hydrogen) atoms. The molecule has 0 saturated heterocycles. The van der Waals surface area contributed by atoms with Crippen LogP contribution in [0.25, 0.3) is 22.3 Å². The Hall–Kier alpha value is -3.11. The molecule has 0 amide bonds. The highest BCUT2D eigenvalue weighted by Crippen LogP contribution is 2.43. The predicted octanol–water partition coefficient (Wildman–Crippen LogP) is 4.24. The van der Waals surface area contributed by atoms with Crippen molar-refractivity contribution in [1.29, 1.82) is 0 Å². The molecule has 0 aliphatic rings. The van der Waals surface area contributed by atoms with Crippen LogP contribution in [0.1, 0.15) is 0 Å². The minimum Gasteiger partial charge on any atom is -0.497 e. The van der Waals surface area contributed by atoms with E-state index in [2.05, 4.69) is 0 Å². The van der Waals surface area contributed by atoms with Crippen LogP contribution in [-0.4, -0.2) is 22.6 Å². The van der Waals surface area contributed by atoms with Crippen LogP contribution in [0.2, 0.25) is 0 Å². The van der Waals surface area contributed by atoms with Crippen LogP contribution in [0, 0.1) is 23.3 Å². The largest absolute Gasteiger partial charge is 0.497 e. The third-order valence-electron chi connectivity index (χ3n) is 4.37. The van der Waals surface area contributed by atoms with Crippen molar-refractivity contribution in [1.82, 2.24) is 0 Å². The molecular formula is C20H15F4NO4S. The van der Waals surface area contributed by atoms with Crippen molar-refractivity contribution >= 4 is 10.0 Å². The van der Waals surface area contributed by atoms with Gasteiger partial charge in [-0.15, -0.1) is 0 Å². The second-order valence-electron chi connectivity index (χ2n) is 6.15. The number of sulfonamides is 1. The summed E-state index contributed by atoms with van der Waals surface area (Å²) in [6.45, 7) is 0. The van der Waals surface area contributed by atoms with Gasteiger partial charge in [-0.1, -0.05) is 18.2 Å². The molecule has 3 rings (SSSR count). The molecule has 0 aliphatic carbocycles. The minimum atomic E-state index is -4.41. The molecule has 0 atom stereocenters. The first-order valence-corrected chi connectivity index (χ1v) is 9.86. The Morgan fingerprint density at radius 2 is 1.27 bits per heavy atom. The van der Waals surface area contributed by atoms with Gasteiger partial charge in [0.1, 0.15) is 11.5 Å². The van der Waals surface area contributed by atoms with E-state index in [-0.39, 0.29) is 17.1 Å². The van der Waals surface area contributed by atoms with Crippen LogP contribution in [0.15, 0.2) is 47.4 Å². The normalized spacial score (nSPS) is 11.4. The number of nitrogens with two attached hydrogens (primary N) is 1. The zero-order valence-corrected chi connectivity index (χ0v) is 16.5. The molecule has 0 spiro atoms. The van der Waals surface area contributed by atoms with Crippen LogP contribution in [0.3, 0.4) is 0 Å². The Bertz CT molecular complexity index is 1220. The van der Waals surface area contributed by atoms with Crippen LogP contribution in [0.4, 0.5) is 17.6 Å². The van der Waals surface area contributed by atoms with Crippen molar-refractivity contribution in [3.8, 4) is 33.8 Å². The smallest absolute Gasteiger partial charge is 0.238 e. The van der Waals surface area contributed by atoms with Crippen LogP contribution < -0.4 is 14.6 Å². The molecule has 5 nitrogen and oxygen atoms in total. The maximum atomic E-state index is 14.9. The van der Waals surface area contributed by atoms with E-state index >= 15 is 0 Å². The number of rotatable bonds is 5. The average molecular weight is 441 g/mol. The number of hydrogen-bond donors (Lipinski definition) is 1. The molecule has 0 aromatic heterocycles. The number of hydrogen-bond acceptors (Lipinski definition) is 4. The molecule has 10 heteroatoms. The molecule has 0 heterocycles. The van der Waals surface area contributed by atoms with Gasteiger partial charge in [0.05, 0.1) is 19.1 Å². The van der Waals surface area contributed by atoms with Gasteiger partial charge in [0.2, 0.25) is 10.0 Å². The Morgan fingerprint density at radius 3 is 1.77 bits per heavy atom. The Balaban J connectivity index is 2.52. The van der Waals surface area contributed by atoms with Crippen molar-refractivity contribution < 1.29 is 35.5 Å². The highest BCUT2D eigenvalue weighted by molar-refractivity contribution is 7.89. The van der Waals surface area contributed by atoms with E-state index < -0.39 is 54.9 Å². The fraction of sp³-hybridized carbons (Fsp3) is 0.100. The summed E-state index contributed by atoms with van der Waals surface area (Å²) < 4.78 is 92.3. The monoisotopic (exact) mass is 441 g/mol. The maximum absolute atomic E-state index is 14.9. The van der Waals surface area contributed by atoms with Crippen molar-refractivity contribution in [2.75, 3.05) is 14.2 Å². The predicted molar refractivity (Wildman–Crippen MR) is 102 cm³/mol. The number of halogens is 4. The lowest BCUT2D eigenvalue weighted by Gasteiger charge is -2.17. The third-order valence-corrected chi connectivity index (χ3v) is 5.34. The highest BCUT2D eigenvalue weighted by Gasteiger charge is 2.30. The summed E-state index contributed by atoms with van der Waals surface area (Å²) in [4.78, 5) is -0.592. The SMILES string of the molecule is COc1cc(OC)cc(-c2c(F)c(F)c(F)c(F)c2-c2ccccc2S(N)(=O)=O)c1. The summed E-state index contributed by atoms with van der Waals surface area (Å²) in [5.74, 6) is -7.34. The topological polar surface area (TPSA) is 78.6 Å². The minimum absolute atomic E-state index is 0.138. The van der Waals surface area contributed by atoms with E-state index in [0.29, 0.717) is 0 Å². The second-order valence-corrected chi connectivity index (χ2v) is 7.68. The lowest BCUT2D eigenvalue weighted by molar-refractivity contribution is 0.394. The van der Waals surface area contributed by atoms with E-state index in [1.165, 1.54) is 44.6 Å². The lowest BCUT2D eigenvalue weighted by atomic mass is 9.92. The fourth-order valence-corrected chi connectivity index (χ4v) is 3.77. The summed E-state index contributed by atoms with van der Waals surface area (Å²) in [5, 5.41) is 5.18. The van der Waals surface area contributed by atoms with Crippen molar-refractivity contribution in [3.05, 3.63) is 65.7 Å². The van der Waals surface area contributed by atoms with Crippen molar-refractivity contribution in [2.45, 2.75) is 4.90 Å². The van der Waals surface area contributed by atoms with E-state index in [1.54, 1.807) is 0 Å². The van der Waals surface area contributed by atoms with Gasteiger partial charge in [-0.25, -0.2) is 31.1 Å². The summed E-state index contributed by atoms with van der Waals surface area (Å²) in [6, 6.07) is 8.66. The number of methoxy groups -OCH3 is 2. The van der Waals surface area contributed by atoms with E-state index in [9.17, 15) is 26.0 Å². The van der Waals surface area contributed by atoms with Crippen molar-refractivity contribution in [3.63, 3.8) is 0 Å². The van der Waals surface area contributed by atoms with Gasteiger partial charge in [0, 0.05) is 22.8 Å². The molecule has 0 unspecified atom stereocenters. The first-order valence-electron chi connectivity index (χ1n) is 8.31. The molecule has 0 saturated carbocycles. The first kappa shape index (κ1) is 21.6. The summed E-state index contributed by atoms with van der Waals surface area (Å²) >= 11 is 0. The molecule has 0 bridgehead atoms. The third kappa shape index (κ3) is 3.71. The van der Waals surface area contributed by atoms with Gasteiger partial charge in [0.15, 0.2) is 23.3 Å². The number of primary sulfonamides is 1. The first-order chi connectivity index (χ1) is 14.1. The quantitative estimate of drug-likeness (QED) is 0.365. The van der Waals surface area contributed by atoms with Gasteiger partial charge < -0.3 is 9.47 Å².